The van der Waals surface area contributed by atoms with E-state index in [9.17, 15) is 29.0 Å². The lowest BCUT2D eigenvalue weighted by atomic mass is 9.86. The van der Waals surface area contributed by atoms with Crippen LogP contribution in [0.15, 0.2) is 66.7 Å². The van der Waals surface area contributed by atoms with Crippen LogP contribution in [-0.2, 0) is 14.4 Å². The maximum absolute atomic E-state index is 12.6. The maximum atomic E-state index is 12.6. The predicted octanol–water partition coefficient (Wildman–Crippen LogP) is 4.19. The number of phenols is 2. The summed E-state index contributed by atoms with van der Waals surface area (Å²) in [5, 5.41) is 53.9. The molecule has 0 aromatic heterocycles. The third kappa shape index (κ3) is 8.77. The molecule has 5 rings (SSSR count). The van der Waals surface area contributed by atoms with Crippen molar-refractivity contribution < 1.29 is 58.9 Å². The van der Waals surface area contributed by atoms with E-state index in [1.54, 1.807) is 30.3 Å². The first-order chi connectivity index (χ1) is 22.3. The lowest BCUT2D eigenvalue weighted by Gasteiger charge is -2.37. The number of fused-ring (bicyclic) bond motifs is 1. The van der Waals surface area contributed by atoms with E-state index < -0.39 is 36.4 Å². The van der Waals surface area contributed by atoms with Crippen LogP contribution in [0.4, 0.5) is 4.39 Å². The molecule has 2 aliphatic heterocycles. The van der Waals surface area contributed by atoms with Crippen molar-refractivity contribution in [1.29, 1.82) is 0 Å². The standard InChI is InChI=1S/C28H28FNO4.C6H8O7/c1-18-25-14-23(32)7-10-26(25)34-28(27(18)21-3-2-4-22(31)13-21)20-5-8-24(9-6-20)33-12-11-30-16-19(15-29)17-30;7-3(8)1-6(13,5(11)12)2-4(9)10/h2-10,13-14,19,28,31-32H,11-12,15-17H2,1H3;13H,1-2H2,(H,7,8)(H,9,10)(H,11,12)/t28-;/m1./s1. The highest BCUT2D eigenvalue weighted by atomic mass is 19.1. The number of benzene rings is 3. The van der Waals surface area contributed by atoms with Crippen molar-refractivity contribution in [3.63, 3.8) is 0 Å². The molecule has 1 atom stereocenters. The zero-order valence-corrected chi connectivity index (χ0v) is 25.5. The lowest BCUT2D eigenvalue weighted by molar-refractivity contribution is -0.170. The third-order valence-electron chi connectivity index (χ3n) is 7.83. The number of phenolic OH excluding ortho intramolecular Hbond substituents is 2. The number of ether oxygens (including phenoxy) is 2. The number of halogens is 1. The summed E-state index contributed by atoms with van der Waals surface area (Å²) in [4.78, 5) is 32.7. The fourth-order valence-corrected chi connectivity index (χ4v) is 5.42. The number of aliphatic carboxylic acids is 3. The second-order valence-corrected chi connectivity index (χ2v) is 11.4. The molecule has 0 radical (unpaired) electrons. The van der Waals surface area contributed by atoms with E-state index in [1.165, 1.54) is 0 Å². The van der Waals surface area contributed by atoms with Gasteiger partial charge < -0.3 is 40.1 Å². The first-order valence-corrected chi connectivity index (χ1v) is 14.7. The van der Waals surface area contributed by atoms with E-state index in [1.807, 2.05) is 43.3 Å². The Kier molecular flexibility index (Phi) is 11.1. The molecule has 3 aromatic carbocycles. The Labute approximate surface area is 269 Å². The quantitative estimate of drug-likeness (QED) is 0.163. The molecule has 1 saturated heterocycles. The molecule has 0 amide bonds. The van der Waals surface area contributed by atoms with Gasteiger partial charge in [0.15, 0.2) is 5.60 Å². The van der Waals surface area contributed by atoms with Crippen LogP contribution >= 0.6 is 0 Å². The molecule has 0 unspecified atom stereocenters. The fraction of sp³-hybridized carbons (Fsp3) is 0.324. The predicted molar refractivity (Wildman–Crippen MR) is 167 cm³/mol. The van der Waals surface area contributed by atoms with E-state index in [0.29, 0.717) is 12.4 Å². The summed E-state index contributed by atoms with van der Waals surface area (Å²) < 4.78 is 24.9. The molecule has 3 aromatic rings. The minimum absolute atomic E-state index is 0.176. The Morgan fingerprint density at radius 1 is 0.936 bits per heavy atom. The number of carbonyl (C=O) groups is 3. The van der Waals surface area contributed by atoms with Crippen molar-refractivity contribution in [2.45, 2.75) is 31.5 Å². The molecule has 0 bridgehead atoms. The molecule has 6 N–H and O–H groups in total. The molecular weight excluding hydrogens is 617 g/mol. The molecule has 2 aliphatic rings. The number of hydrogen-bond acceptors (Lipinski definition) is 9. The minimum Gasteiger partial charge on any atom is -0.508 e. The summed E-state index contributed by atoms with van der Waals surface area (Å²) in [5.41, 5.74) is 1.82. The van der Waals surface area contributed by atoms with Crippen LogP contribution in [-0.4, -0.2) is 92.0 Å². The number of carboxylic acid groups (broad SMARTS) is 3. The minimum atomic E-state index is -2.74. The Morgan fingerprint density at radius 3 is 2.15 bits per heavy atom. The Balaban J connectivity index is 0.000000328. The maximum Gasteiger partial charge on any atom is 0.336 e. The first kappa shape index (κ1) is 34.7. The molecule has 250 valence electrons. The molecule has 47 heavy (non-hydrogen) atoms. The van der Waals surface area contributed by atoms with E-state index in [2.05, 4.69) is 4.90 Å². The van der Waals surface area contributed by atoms with Crippen LogP contribution in [0, 0.1) is 5.92 Å². The van der Waals surface area contributed by atoms with Crippen LogP contribution in [0.25, 0.3) is 11.1 Å². The van der Waals surface area contributed by atoms with Crippen molar-refractivity contribution in [3.8, 4) is 23.0 Å². The van der Waals surface area contributed by atoms with Crippen LogP contribution in [0.3, 0.4) is 0 Å². The molecule has 0 saturated carbocycles. The van der Waals surface area contributed by atoms with Crippen LogP contribution in [0.1, 0.15) is 42.6 Å². The van der Waals surface area contributed by atoms with Gasteiger partial charge >= 0.3 is 17.9 Å². The second-order valence-electron chi connectivity index (χ2n) is 11.4. The zero-order valence-electron chi connectivity index (χ0n) is 25.5. The highest BCUT2D eigenvalue weighted by Gasteiger charge is 2.40. The van der Waals surface area contributed by atoms with Gasteiger partial charge in [0.2, 0.25) is 0 Å². The number of hydrogen-bond donors (Lipinski definition) is 6. The SMILES string of the molecule is CC1=C(c2cccc(O)c2)[C@@H](c2ccc(OCCN3CC(CF)C3)cc2)Oc2ccc(O)cc21.O=C(O)CC(O)(CC(=O)O)C(=O)O. The van der Waals surface area contributed by atoms with Crippen LogP contribution in [0.2, 0.25) is 0 Å². The van der Waals surface area contributed by atoms with Gasteiger partial charge in [0, 0.05) is 36.7 Å². The average molecular weight is 654 g/mol. The summed E-state index contributed by atoms with van der Waals surface area (Å²) in [6, 6.07) is 20.1. The number of alkyl halides is 1. The molecule has 1 fully saturated rings. The van der Waals surface area contributed by atoms with Crippen molar-refractivity contribution in [2.24, 2.45) is 5.92 Å². The normalized spacial score (nSPS) is 16.2. The van der Waals surface area contributed by atoms with Crippen molar-refractivity contribution in [2.75, 3.05) is 32.9 Å². The molecule has 13 heteroatoms. The van der Waals surface area contributed by atoms with Gasteiger partial charge in [0.25, 0.3) is 0 Å². The molecule has 2 heterocycles. The van der Waals surface area contributed by atoms with Crippen LogP contribution < -0.4 is 9.47 Å². The summed E-state index contributed by atoms with van der Waals surface area (Å²) >= 11 is 0. The summed E-state index contributed by atoms with van der Waals surface area (Å²) in [6.45, 7) is 4.72. The number of likely N-dealkylation sites (tertiary alicyclic amines) is 1. The van der Waals surface area contributed by atoms with Gasteiger partial charge in [-0.1, -0.05) is 24.3 Å². The van der Waals surface area contributed by atoms with Crippen molar-refractivity contribution >= 4 is 29.1 Å². The van der Waals surface area contributed by atoms with Crippen molar-refractivity contribution in [1.82, 2.24) is 4.90 Å². The number of allylic oxidation sites excluding steroid dienone is 1. The number of rotatable bonds is 12. The number of nitrogens with zero attached hydrogens (tertiary/aromatic N) is 1. The smallest absolute Gasteiger partial charge is 0.336 e. The van der Waals surface area contributed by atoms with Gasteiger partial charge in [0.1, 0.15) is 35.7 Å². The molecule has 0 aliphatic carbocycles. The second kappa shape index (κ2) is 15.0. The van der Waals surface area contributed by atoms with Gasteiger partial charge in [-0.15, -0.1) is 0 Å². The number of carboxylic acids is 3. The Bertz CT molecular complexity index is 1620. The number of aromatic hydroxyl groups is 2. The van der Waals surface area contributed by atoms with Gasteiger partial charge in [0.05, 0.1) is 19.5 Å². The van der Waals surface area contributed by atoms with E-state index in [4.69, 9.17) is 29.9 Å². The van der Waals surface area contributed by atoms with Crippen LogP contribution in [0.5, 0.6) is 23.0 Å². The fourth-order valence-electron chi connectivity index (χ4n) is 5.42. The Hall–Kier alpha value is -5.14. The summed E-state index contributed by atoms with van der Waals surface area (Å²) in [5.74, 6) is -3.01. The lowest BCUT2D eigenvalue weighted by Crippen LogP contribution is -2.49. The topological polar surface area (TPSA) is 194 Å². The van der Waals surface area contributed by atoms with Gasteiger partial charge in [-0.2, -0.15) is 0 Å². The van der Waals surface area contributed by atoms with E-state index >= 15 is 0 Å². The monoisotopic (exact) mass is 653 g/mol. The first-order valence-electron chi connectivity index (χ1n) is 14.7. The van der Waals surface area contributed by atoms with Crippen molar-refractivity contribution in [3.05, 3.63) is 83.4 Å². The van der Waals surface area contributed by atoms with E-state index in [-0.39, 0.29) is 30.2 Å². The third-order valence-corrected chi connectivity index (χ3v) is 7.83. The highest BCUT2D eigenvalue weighted by Crippen LogP contribution is 2.47. The van der Waals surface area contributed by atoms with Gasteiger partial charge in [-0.3, -0.25) is 18.9 Å². The molecule has 0 spiro atoms. The highest BCUT2D eigenvalue weighted by molar-refractivity contribution is 5.96. The molecular formula is C34H36FNO11. The van der Waals surface area contributed by atoms with Gasteiger partial charge in [-0.05, 0) is 66.1 Å². The number of aliphatic hydroxyl groups is 1. The summed E-state index contributed by atoms with van der Waals surface area (Å²) in [7, 11) is 0. The van der Waals surface area contributed by atoms with E-state index in [0.717, 1.165) is 53.2 Å². The average Bonchev–Trinajstić information content (AvgIpc) is 2.98. The largest absolute Gasteiger partial charge is 0.508 e. The van der Waals surface area contributed by atoms with Gasteiger partial charge in [-0.25, -0.2) is 4.79 Å². The summed E-state index contributed by atoms with van der Waals surface area (Å²) in [6.07, 6.45) is -2.67. The molecule has 12 nitrogen and oxygen atoms in total. The Morgan fingerprint density at radius 2 is 1.57 bits per heavy atom. The zero-order chi connectivity index (χ0) is 34.3.